The number of para-hydroxylation sites is 2. The Morgan fingerprint density at radius 2 is 1.41 bits per heavy atom. The molecule has 3 aromatic carbocycles. The molecule has 1 unspecified atom stereocenters. The second-order valence-corrected chi connectivity index (χ2v) is 7.72. The number of aliphatic hydroxyl groups excluding tert-OH is 1. The third-order valence-electron chi connectivity index (χ3n) is 6.28. The van der Waals surface area contributed by atoms with Crippen LogP contribution in [0.25, 0.3) is 43.6 Å². The van der Waals surface area contributed by atoms with Crippen molar-refractivity contribution < 1.29 is 15.4 Å². The zero-order valence-electron chi connectivity index (χ0n) is 15.2. The molecule has 2 aliphatic rings. The fraction of sp³-hybridized carbons (Fsp3) is 0.136. The van der Waals surface area contributed by atoms with Crippen molar-refractivity contribution in [1.29, 1.82) is 0 Å². The fourth-order valence-corrected chi connectivity index (χ4v) is 5.27. The molecule has 2 aliphatic heterocycles. The van der Waals surface area contributed by atoms with Crippen molar-refractivity contribution in [3.63, 3.8) is 0 Å². The largest absolute Gasteiger partial charge is 0.858 e. The second-order valence-electron chi connectivity index (χ2n) is 7.72. The Balaban J connectivity index is 1.91. The van der Waals surface area contributed by atoms with Crippen LogP contribution in [0.15, 0.2) is 53.5 Å². The molecule has 7 nitrogen and oxygen atoms in total. The van der Waals surface area contributed by atoms with E-state index in [9.17, 15) is 15.4 Å². The van der Waals surface area contributed by atoms with Crippen molar-refractivity contribution in [3.05, 3.63) is 59.7 Å². The van der Waals surface area contributed by atoms with Gasteiger partial charge in [0.1, 0.15) is 13.3 Å². The Morgan fingerprint density at radius 3 is 2.07 bits per heavy atom. The highest BCUT2D eigenvalue weighted by atomic mass is 16.5. The molecule has 0 fully saturated rings. The van der Waals surface area contributed by atoms with Gasteiger partial charge < -0.3 is 24.6 Å². The number of nitrogens with zero attached hydrogens (tertiary/aromatic N) is 4. The summed E-state index contributed by atoms with van der Waals surface area (Å²) >= 11 is 0. The summed E-state index contributed by atoms with van der Waals surface area (Å²) in [6, 6.07) is 15.8. The van der Waals surface area contributed by atoms with Gasteiger partial charge in [0.25, 0.3) is 0 Å². The zero-order valence-corrected chi connectivity index (χ0v) is 15.2. The van der Waals surface area contributed by atoms with Gasteiger partial charge in [0.2, 0.25) is 0 Å². The highest BCUT2D eigenvalue weighted by Crippen LogP contribution is 2.48. The maximum Gasteiger partial charge on any atom is 0.171 e. The molecule has 142 valence electrons. The number of benzene rings is 3. The van der Waals surface area contributed by atoms with Crippen molar-refractivity contribution in [2.24, 2.45) is 4.99 Å². The lowest BCUT2D eigenvalue weighted by molar-refractivity contribution is -0.213. The van der Waals surface area contributed by atoms with Gasteiger partial charge in [0.15, 0.2) is 6.23 Å². The van der Waals surface area contributed by atoms with Gasteiger partial charge in [-0.25, -0.2) is 0 Å². The first-order valence-corrected chi connectivity index (χ1v) is 9.50. The van der Waals surface area contributed by atoms with E-state index in [2.05, 4.69) is 9.56 Å². The number of hydrogen-bond acceptors (Lipinski definition) is 5. The van der Waals surface area contributed by atoms with E-state index in [0.29, 0.717) is 11.1 Å². The Morgan fingerprint density at radius 1 is 0.862 bits per heavy atom. The van der Waals surface area contributed by atoms with Gasteiger partial charge in [-0.3, -0.25) is 4.99 Å². The van der Waals surface area contributed by atoms with E-state index in [4.69, 9.17) is 0 Å². The molecular formula is C22H15N4O3-. The highest BCUT2D eigenvalue weighted by Gasteiger charge is 2.33. The monoisotopic (exact) mass is 383 g/mol. The van der Waals surface area contributed by atoms with Crippen LogP contribution < -0.4 is 5.11 Å². The summed E-state index contributed by atoms with van der Waals surface area (Å²) in [6.45, 7) is 0.566. The molecule has 29 heavy (non-hydrogen) atoms. The predicted octanol–water partition coefficient (Wildman–Crippen LogP) is 2.63. The van der Waals surface area contributed by atoms with E-state index in [0.717, 1.165) is 43.6 Å². The molecule has 1 atom stereocenters. The lowest BCUT2D eigenvalue weighted by Gasteiger charge is -2.15. The van der Waals surface area contributed by atoms with Crippen LogP contribution in [0.2, 0.25) is 0 Å². The van der Waals surface area contributed by atoms with E-state index >= 15 is 0 Å². The fourth-order valence-electron chi connectivity index (χ4n) is 5.27. The highest BCUT2D eigenvalue weighted by molar-refractivity contribution is 6.30. The van der Waals surface area contributed by atoms with Gasteiger partial charge in [-0.05, 0) is 18.0 Å². The van der Waals surface area contributed by atoms with Crippen LogP contribution in [-0.4, -0.2) is 30.4 Å². The first-order valence-electron chi connectivity index (χ1n) is 9.50. The van der Waals surface area contributed by atoms with Crippen molar-refractivity contribution in [2.75, 3.05) is 0 Å². The number of aliphatic hydroxyl groups is 1. The molecule has 2 aromatic heterocycles. The molecule has 4 heterocycles. The summed E-state index contributed by atoms with van der Waals surface area (Å²) in [7, 11) is 0. The summed E-state index contributed by atoms with van der Waals surface area (Å²) in [5.74, 6) is -0.390. The summed E-state index contributed by atoms with van der Waals surface area (Å²) < 4.78 is 4.11. The lowest BCUT2D eigenvalue weighted by atomic mass is 9.96. The Kier molecular flexibility index (Phi) is 2.65. The molecule has 0 saturated heterocycles. The summed E-state index contributed by atoms with van der Waals surface area (Å²) in [6.07, 6.45) is -1.18. The predicted molar refractivity (Wildman–Crippen MR) is 108 cm³/mol. The smallest absolute Gasteiger partial charge is 0.171 e. The molecule has 0 saturated carbocycles. The average Bonchev–Trinajstić information content (AvgIpc) is 3.27. The Bertz CT molecular complexity index is 1560. The van der Waals surface area contributed by atoms with E-state index in [-0.39, 0.29) is 19.2 Å². The van der Waals surface area contributed by atoms with Crippen LogP contribution in [0.5, 0.6) is 0 Å². The van der Waals surface area contributed by atoms with Crippen LogP contribution in [0.3, 0.4) is 0 Å². The number of hydroxylamine groups is 2. The minimum atomic E-state index is -1.18. The minimum absolute atomic E-state index is 0.280. The number of fused-ring (bicyclic) bond motifs is 9. The third kappa shape index (κ3) is 1.68. The topological polar surface area (TPSA) is 89.0 Å². The van der Waals surface area contributed by atoms with Crippen LogP contribution in [0, 0.1) is 0 Å². The maximum atomic E-state index is 12.9. The number of aliphatic imine (C=N–C) groups is 1. The quantitative estimate of drug-likeness (QED) is 0.430. The number of rotatable bonds is 0. The molecule has 2 N–H and O–H groups in total. The Labute approximate surface area is 163 Å². The summed E-state index contributed by atoms with van der Waals surface area (Å²) in [4.78, 5) is 3.99. The van der Waals surface area contributed by atoms with Crippen molar-refractivity contribution in [3.8, 4) is 0 Å². The standard InChI is InChI=1S/C22H16N4O3/c27-21-17-15-11-5-1-3-7-13(11)25-9-24(29)10-26-14-8-4-2-6-12(14)16(20(26)19(15)25)18(17)22(28)23-21/h1-8,21,27,29H,9-10H2,(H,23,28)/p-1. The molecule has 7 rings (SSSR count). The first-order chi connectivity index (χ1) is 14.1. The SMILES string of the molecule is [O-]C1=NC(O)c2c1c1c3ccccc3n3c1c1c2c2ccccc2n1CN(O)C3. The van der Waals surface area contributed by atoms with Gasteiger partial charge in [-0.1, -0.05) is 36.4 Å². The van der Waals surface area contributed by atoms with Gasteiger partial charge >= 0.3 is 0 Å². The van der Waals surface area contributed by atoms with Crippen molar-refractivity contribution in [2.45, 2.75) is 19.6 Å². The molecule has 7 heteroatoms. The number of aromatic nitrogens is 2. The third-order valence-corrected chi connectivity index (χ3v) is 6.28. The first kappa shape index (κ1) is 15.5. The molecule has 0 bridgehead atoms. The van der Waals surface area contributed by atoms with Crippen molar-refractivity contribution >= 4 is 49.5 Å². The van der Waals surface area contributed by atoms with Gasteiger partial charge in [0, 0.05) is 32.7 Å². The van der Waals surface area contributed by atoms with Crippen LogP contribution >= 0.6 is 0 Å². The van der Waals surface area contributed by atoms with Gasteiger partial charge in [-0.2, -0.15) is 5.06 Å². The molecule has 5 aromatic rings. The lowest BCUT2D eigenvalue weighted by Crippen LogP contribution is -2.23. The molecular weight excluding hydrogens is 368 g/mol. The second kappa shape index (κ2) is 4.96. The summed E-state index contributed by atoms with van der Waals surface area (Å²) in [5, 5.41) is 39.1. The average molecular weight is 383 g/mol. The molecule has 0 amide bonds. The summed E-state index contributed by atoms with van der Waals surface area (Å²) in [5.41, 5.74) is 4.73. The Hall–Kier alpha value is -3.39. The van der Waals surface area contributed by atoms with E-state index in [1.807, 2.05) is 53.1 Å². The molecule has 0 aliphatic carbocycles. The zero-order chi connectivity index (χ0) is 19.4. The van der Waals surface area contributed by atoms with Gasteiger partial charge in [-0.15, -0.1) is 0 Å². The van der Waals surface area contributed by atoms with Crippen molar-refractivity contribution in [1.82, 2.24) is 14.2 Å². The maximum absolute atomic E-state index is 12.9. The normalized spacial score (nSPS) is 19.0. The molecule has 0 spiro atoms. The van der Waals surface area contributed by atoms with Crippen LogP contribution in [0.1, 0.15) is 17.4 Å². The molecule has 0 radical (unpaired) electrons. The van der Waals surface area contributed by atoms with E-state index in [1.165, 1.54) is 5.06 Å². The minimum Gasteiger partial charge on any atom is -0.858 e. The number of hydrogen-bond donors (Lipinski definition) is 2. The van der Waals surface area contributed by atoms with E-state index < -0.39 is 6.23 Å². The van der Waals surface area contributed by atoms with Gasteiger partial charge in [0.05, 0.1) is 22.1 Å². The van der Waals surface area contributed by atoms with E-state index in [1.54, 1.807) is 0 Å². The van der Waals surface area contributed by atoms with Crippen LogP contribution in [0.4, 0.5) is 0 Å². The van der Waals surface area contributed by atoms with Crippen LogP contribution in [-0.2, 0) is 13.3 Å².